The minimum absolute atomic E-state index is 0.808. The van der Waals surface area contributed by atoms with Crippen molar-refractivity contribution < 1.29 is 0 Å². The van der Waals surface area contributed by atoms with Crippen LogP contribution in [0.2, 0.25) is 0 Å². The monoisotopic (exact) mass is 297 g/mol. The first-order valence-electron chi connectivity index (χ1n) is 7.04. The van der Waals surface area contributed by atoms with Gasteiger partial charge in [0.2, 0.25) is 5.95 Å². The number of hydrogen-bond acceptors (Lipinski definition) is 3. The van der Waals surface area contributed by atoms with Crippen LogP contribution in [0.15, 0.2) is 42.6 Å². The summed E-state index contributed by atoms with van der Waals surface area (Å²) >= 11 is 1.84. The lowest BCUT2D eigenvalue weighted by molar-refractivity contribution is 1.01. The summed E-state index contributed by atoms with van der Waals surface area (Å²) < 4.78 is 2.10. The Labute approximate surface area is 129 Å². The maximum atomic E-state index is 4.59. The third-order valence-electron chi connectivity index (χ3n) is 3.50. The number of nitrogens with one attached hydrogen (secondary N) is 1. The Morgan fingerprint density at radius 2 is 1.90 bits per heavy atom. The number of aromatic nitrogens is 2. The van der Waals surface area contributed by atoms with Gasteiger partial charge in [0.05, 0.1) is 12.2 Å². The standard InChI is InChI=1S/C17H19N3S/c1-12-9-16(21-14(12)3)10-18-17-19-13(2)11-20(17)15-7-5-4-6-8-15/h4-9,11H,10H2,1-3H3,(H,18,19). The normalized spacial score (nSPS) is 10.8. The van der Waals surface area contributed by atoms with Gasteiger partial charge >= 0.3 is 0 Å². The summed E-state index contributed by atoms with van der Waals surface area (Å²) in [6, 6.07) is 12.5. The van der Waals surface area contributed by atoms with Crippen molar-refractivity contribution in [3.8, 4) is 5.69 Å². The van der Waals surface area contributed by atoms with E-state index in [4.69, 9.17) is 0 Å². The molecule has 2 aromatic heterocycles. The van der Waals surface area contributed by atoms with Crippen LogP contribution in [-0.2, 0) is 6.54 Å². The third kappa shape index (κ3) is 3.00. The number of nitrogens with zero attached hydrogens (tertiary/aromatic N) is 2. The molecule has 0 aliphatic carbocycles. The zero-order valence-electron chi connectivity index (χ0n) is 12.6. The van der Waals surface area contributed by atoms with E-state index in [1.165, 1.54) is 15.3 Å². The molecule has 0 atom stereocenters. The van der Waals surface area contributed by atoms with Crippen LogP contribution in [0.3, 0.4) is 0 Å². The average Bonchev–Trinajstić information content (AvgIpc) is 3.01. The number of imidazole rings is 1. The van der Waals surface area contributed by atoms with Crippen LogP contribution >= 0.6 is 11.3 Å². The Kier molecular flexibility index (Phi) is 3.80. The van der Waals surface area contributed by atoms with Crippen LogP contribution in [0, 0.1) is 20.8 Å². The number of para-hydroxylation sites is 1. The molecule has 21 heavy (non-hydrogen) atoms. The van der Waals surface area contributed by atoms with Gasteiger partial charge in [-0.3, -0.25) is 4.57 Å². The molecule has 0 spiro atoms. The third-order valence-corrected chi connectivity index (χ3v) is 4.65. The lowest BCUT2D eigenvalue weighted by Gasteiger charge is -2.08. The molecular formula is C17H19N3S. The molecule has 4 heteroatoms. The Morgan fingerprint density at radius 3 is 2.57 bits per heavy atom. The van der Waals surface area contributed by atoms with E-state index in [-0.39, 0.29) is 0 Å². The highest BCUT2D eigenvalue weighted by atomic mass is 32.1. The second-order valence-electron chi connectivity index (χ2n) is 5.22. The molecule has 2 heterocycles. The van der Waals surface area contributed by atoms with Crippen molar-refractivity contribution in [1.82, 2.24) is 9.55 Å². The molecule has 0 bridgehead atoms. The SMILES string of the molecule is Cc1cn(-c2ccccc2)c(NCc2cc(C)c(C)s2)n1. The van der Waals surface area contributed by atoms with Crippen molar-refractivity contribution in [2.45, 2.75) is 27.3 Å². The van der Waals surface area contributed by atoms with Gasteiger partial charge < -0.3 is 5.32 Å². The summed E-state index contributed by atoms with van der Waals surface area (Å²) in [6.45, 7) is 7.15. The predicted octanol–water partition coefficient (Wildman–Crippen LogP) is 4.47. The molecular weight excluding hydrogens is 278 g/mol. The molecule has 3 nitrogen and oxygen atoms in total. The summed E-state index contributed by atoms with van der Waals surface area (Å²) in [4.78, 5) is 7.31. The van der Waals surface area contributed by atoms with Gasteiger partial charge in [-0.15, -0.1) is 11.3 Å². The summed E-state index contributed by atoms with van der Waals surface area (Å²) in [5, 5.41) is 3.45. The van der Waals surface area contributed by atoms with Gasteiger partial charge in [0, 0.05) is 21.6 Å². The van der Waals surface area contributed by atoms with E-state index >= 15 is 0 Å². The molecule has 3 aromatic rings. The minimum atomic E-state index is 0.808. The van der Waals surface area contributed by atoms with Crippen LogP contribution in [0.4, 0.5) is 5.95 Å². The van der Waals surface area contributed by atoms with E-state index in [9.17, 15) is 0 Å². The number of aryl methyl sites for hydroxylation is 3. The predicted molar refractivity (Wildman–Crippen MR) is 89.4 cm³/mol. The Hall–Kier alpha value is -2.07. The van der Waals surface area contributed by atoms with E-state index in [0.717, 1.165) is 23.9 Å². The summed E-state index contributed by atoms with van der Waals surface area (Å²) in [7, 11) is 0. The molecule has 1 aromatic carbocycles. The molecule has 1 N–H and O–H groups in total. The molecule has 3 rings (SSSR count). The zero-order valence-corrected chi connectivity index (χ0v) is 13.4. The molecule has 108 valence electrons. The number of rotatable bonds is 4. The van der Waals surface area contributed by atoms with Gasteiger partial charge in [-0.25, -0.2) is 4.98 Å². The zero-order chi connectivity index (χ0) is 14.8. The first-order chi connectivity index (χ1) is 10.1. The van der Waals surface area contributed by atoms with Gasteiger partial charge in [-0.2, -0.15) is 0 Å². The molecule has 0 saturated heterocycles. The average molecular weight is 297 g/mol. The van der Waals surface area contributed by atoms with Crippen LogP contribution in [0.1, 0.15) is 21.0 Å². The highest BCUT2D eigenvalue weighted by Crippen LogP contribution is 2.22. The fourth-order valence-corrected chi connectivity index (χ4v) is 3.30. The van der Waals surface area contributed by atoms with Crippen molar-refractivity contribution in [3.05, 3.63) is 63.6 Å². The summed E-state index contributed by atoms with van der Waals surface area (Å²) in [5.74, 6) is 0.891. The van der Waals surface area contributed by atoms with Crippen LogP contribution in [0.5, 0.6) is 0 Å². The van der Waals surface area contributed by atoms with Gasteiger partial charge in [0.1, 0.15) is 0 Å². The van der Waals surface area contributed by atoms with E-state index in [0.29, 0.717) is 0 Å². The minimum Gasteiger partial charge on any atom is -0.350 e. The van der Waals surface area contributed by atoms with Crippen LogP contribution < -0.4 is 5.32 Å². The van der Waals surface area contributed by atoms with Crippen molar-refractivity contribution in [2.75, 3.05) is 5.32 Å². The number of thiophene rings is 1. The van der Waals surface area contributed by atoms with E-state index in [1.807, 2.05) is 36.5 Å². The first kappa shape index (κ1) is 13.9. The fourth-order valence-electron chi connectivity index (χ4n) is 2.31. The lowest BCUT2D eigenvalue weighted by Crippen LogP contribution is -2.05. The second-order valence-corrected chi connectivity index (χ2v) is 6.56. The molecule has 0 radical (unpaired) electrons. The molecule has 0 aliphatic rings. The van der Waals surface area contributed by atoms with E-state index < -0.39 is 0 Å². The Morgan fingerprint density at radius 1 is 1.14 bits per heavy atom. The van der Waals surface area contributed by atoms with Gasteiger partial charge in [-0.1, -0.05) is 18.2 Å². The van der Waals surface area contributed by atoms with Gasteiger partial charge in [0.25, 0.3) is 0 Å². The van der Waals surface area contributed by atoms with Crippen LogP contribution in [0.25, 0.3) is 5.69 Å². The summed E-state index contributed by atoms with van der Waals surface area (Å²) in [5.41, 5.74) is 3.50. The largest absolute Gasteiger partial charge is 0.350 e. The van der Waals surface area contributed by atoms with Crippen molar-refractivity contribution in [1.29, 1.82) is 0 Å². The highest BCUT2D eigenvalue weighted by Gasteiger charge is 2.08. The molecule has 0 unspecified atom stereocenters. The molecule has 0 aliphatic heterocycles. The lowest BCUT2D eigenvalue weighted by atomic mass is 10.3. The second kappa shape index (κ2) is 5.74. The van der Waals surface area contributed by atoms with Gasteiger partial charge in [-0.05, 0) is 44.5 Å². The van der Waals surface area contributed by atoms with Crippen molar-refractivity contribution in [3.63, 3.8) is 0 Å². The molecule has 0 saturated carbocycles. The Balaban J connectivity index is 1.83. The topological polar surface area (TPSA) is 29.9 Å². The summed E-state index contributed by atoms with van der Waals surface area (Å²) in [6.07, 6.45) is 2.06. The van der Waals surface area contributed by atoms with Crippen molar-refractivity contribution >= 4 is 17.3 Å². The fraction of sp³-hybridized carbons (Fsp3) is 0.235. The number of hydrogen-bond donors (Lipinski definition) is 1. The quantitative estimate of drug-likeness (QED) is 0.770. The van der Waals surface area contributed by atoms with E-state index in [2.05, 4.69) is 53.1 Å². The maximum absolute atomic E-state index is 4.59. The Bertz CT molecular complexity index is 721. The first-order valence-corrected chi connectivity index (χ1v) is 7.86. The van der Waals surface area contributed by atoms with Gasteiger partial charge in [0.15, 0.2) is 0 Å². The maximum Gasteiger partial charge on any atom is 0.208 e. The number of anilines is 1. The molecule has 0 fully saturated rings. The smallest absolute Gasteiger partial charge is 0.208 e. The van der Waals surface area contributed by atoms with Crippen LogP contribution in [-0.4, -0.2) is 9.55 Å². The van der Waals surface area contributed by atoms with Crippen molar-refractivity contribution in [2.24, 2.45) is 0 Å². The molecule has 0 amide bonds. The number of benzene rings is 1. The highest BCUT2D eigenvalue weighted by molar-refractivity contribution is 7.12. The van der Waals surface area contributed by atoms with E-state index in [1.54, 1.807) is 0 Å².